The summed E-state index contributed by atoms with van der Waals surface area (Å²) in [5.74, 6) is 0.475. The van der Waals surface area contributed by atoms with Crippen molar-refractivity contribution < 1.29 is 9.53 Å². The van der Waals surface area contributed by atoms with Crippen LogP contribution in [0.3, 0.4) is 0 Å². The fourth-order valence-corrected chi connectivity index (χ4v) is 3.83. The number of nitrogens with zero attached hydrogens (tertiary/aromatic N) is 3. The van der Waals surface area contributed by atoms with Gasteiger partial charge in [-0.25, -0.2) is 14.8 Å². The lowest BCUT2D eigenvalue weighted by Gasteiger charge is -2.13. The number of benzene rings is 2. The zero-order chi connectivity index (χ0) is 19.7. The first-order valence-corrected chi connectivity index (χ1v) is 9.30. The van der Waals surface area contributed by atoms with Crippen LogP contribution in [-0.4, -0.2) is 27.7 Å². The molecule has 0 bridgehead atoms. The maximum Gasteiger partial charge on any atom is 0.413 e. The monoisotopic (exact) mass is 392 g/mol. The summed E-state index contributed by atoms with van der Waals surface area (Å²) in [6, 6.07) is 16.5. The Bertz CT molecular complexity index is 1230. The van der Waals surface area contributed by atoms with Gasteiger partial charge in [0.2, 0.25) is 0 Å². The molecule has 0 atom stereocenters. The topological polar surface area (TPSA) is 86.1 Å². The van der Waals surface area contributed by atoms with Crippen molar-refractivity contribution in [3.8, 4) is 16.4 Å². The summed E-state index contributed by atoms with van der Waals surface area (Å²) in [5, 5.41) is 3.47. The fourth-order valence-electron chi connectivity index (χ4n) is 2.90. The van der Waals surface area contributed by atoms with Gasteiger partial charge in [0.05, 0.1) is 34.3 Å². The zero-order valence-electron chi connectivity index (χ0n) is 15.2. The maximum atomic E-state index is 13.3. The van der Waals surface area contributed by atoms with E-state index in [1.807, 2.05) is 49.4 Å². The highest BCUT2D eigenvalue weighted by atomic mass is 32.1. The lowest BCUT2D eigenvalue weighted by atomic mass is 10.2. The Balaban J connectivity index is 1.99. The van der Waals surface area contributed by atoms with Crippen molar-refractivity contribution in [3.63, 3.8) is 0 Å². The number of nitrogens with one attached hydrogen (secondary N) is 1. The molecule has 0 aliphatic rings. The van der Waals surface area contributed by atoms with Crippen molar-refractivity contribution >= 4 is 33.5 Å². The smallest absolute Gasteiger partial charge is 0.413 e. The fraction of sp³-hybridized carbons (Fsp3) is 0.100. The van der Waals surface area contributed by atoms with Crippen LogP contribution in [0.25, 0.3) is 27.3 Å². The van der Waals surface area contributed by atoms with Crippen LogP contribution in [0, 0.1) is 6.92 Å². The average Bonchev–Trinajstić information content (AvgIpc) is 3.08. The van der Waals surface area contributed by atoms with Gasteiger partial charge in [-0.1, -0.05) is 41.7 Å². The molecule has 1 amide bonds. The van der Waals surface area contributed by atoms with Gasteiger partial charge in [0.15, 0.2) is 11.0 Å². The van der Waals surface area contributed by atoms with E-state index >= 15 is 0 Å². The summed E-state index contributed by atoms with van der Waals surface area (Å²) in [4.78, 5) is 34.6. The lowest BCUT2D eigenvalue weighted by Crippen LogP contribution is -2.21. The van der Waals surface area contributed by atoms with Gasteiger partial charge in [0, 0.05) is 0 Å². The van der Waals surface area contributed by atoms with E-state index < -0.39 is 6.09 Å². The van der Waals surface area contributed by atoms with Crippen molar-refractivity contribution in [2.75, 3.05) is 12.4 Å². The molecule has 0 aliphatic heterocycles. The van der Waals surface area contributed by atoms with Crippen LogP contribution in [0.2, 0.25) is 0 Å². The SMILES string of the molecule is COC(=O)Nc1nc(C)c(-c2nc3ccccc3c(=O)n2-c2ccccc2)s1. The molecule has 0 spiro atoms. The lowest BCUT2D eigenvalue weighted by molar-refractivity contribution is 0.187. The summed E-state index contributed by atoms with van der Waals surface area (Å²) < 4.78 is 6.20. The van der Waals surface area contributed by atoms with Crippen LogP contribution in [-0.2, 0) is 4.74 Å². The molecule has 2 aromatic heterocycles. The summed E-state index contributed by atoms with van der Waals surface area (Å²) in [6.07, 6.45) is -0.604. The van der Waals surface area contributed by atoms with Gasteiger partial charge in [-0.2, -0.15) is 0 Å². The Labute approximate surface area is 164 Å². The second-order valence-electron chi connectivity index (χ2n) is 5.98. The Hall–Kier alpha value is -3.52. The van der Waals surface area contributed by atoms with Crippen LogP contribution >= 0.6 is 11.3 Å². The number of fused-ring (bicyclic) bond motifs is 1. The number of hydrogen-bond acceptors (Lipinski definition) is 6. The number of methoxy groups -OCH3 is 1. The molecule has 0 fully saturated rings. The molecule has 1 N–H and O–H groups in total. The summed E-state index contributed by atoms with van der Waals surface area (Å²) in [5.41, 5.74) is 1.80. The normalized spacial score (nSPS) is 10.8. The molecule has 7 nitrogen and oxygen atoms in total. The zero-order valence-corrected chi connectivity index (χ0v) is 16.0. The number of para-hydroxylation sites is 2. The van der Waals surface area contributed by atoms with Crippen LogP contribution in [0.4, 0.5) is 9.93 Å². The van der Waals surface area contributed by atoms with Gasteiger partial charge in [-0.05, 0) is 31.2 Å². The van der Waals surface area contributed by atoms with Crippen molar-refractivity contribution in [1.82, 2.24) is 14.5 Å². The number of aromatic nitrogens is 3. The van der Waals surface area contributed by atoms with E-state index in [9.17, 15) is 9.59 Å². The van der Waals surface area contributed by atoms with Crippen molar-refractivity contribution in [2.24, 2.45) is 0 Å². The Morgan fingerprint density at radius 1 is 1.07 bits per heavy atom. The second-order valence-corrected chi connectivity index (χ2v) is 6.98. The predicted octanol–water partition coefficient (Wildman–Crippen LogP) is 4.00. The van der Waals surface area contributed by atoms with E-state index in [1.54, 1.807) is 16.7 Å². The number of rotatable bonds is 3. The minimum atomic E-state index is -0.604. The molecule has 0 aliphatic carbocycles. The highest BCUT2D eigenvalue weighted by Crippen LogP contribution is 2.33. The Morgan fingerprint density at radius 3 is 2.54 bits per heavy atom. The van der Waals surface area contributed by atoms with E-state index in [0.717, 1.165) is 0 Å². The third-order valence-electron chi connectivity index (χ3n) is 4.18. The summed E-state index contributed by atoms with van der Waals surface area (Å²) in [6.45, 7) is 1.81. The molecule has 0 unspecified atom stereocenters. The largest absolute Gasteiger partial charge is 0.453 e. The van der Waals surface area contributed by atoms with Crippen LogP contribution in [0.5, 0.6) is 0 Å². The standard InChI is InChI=1S/C20H16N4O3S/c1-12-16(28-19(21-12)23-20(26)27-2)17-22-15-11-7-6-10-14(15)18(25)24(17)13-8-4-3-5-9-13/h3-11H,1-2H3,(H,21,23,26). The highest BCUT2D eigenvalue weighted by molar-refractivity contribution is 7.19. The van der Waals surface area contributed by atoms with E-state index in [-0.39, 0.29) is 5.56 Å². The van der Waals surface area contributed by atoms with Crippen LogP contribution < -0.4 is 10.9 Å². The summed E-state index contributed by atoms with van der Waals surface area (Å²) in [7, 11) is 1.29. The molecule has 28 heavy (non-hydrogen) atoms. The van der Waals surface area contributed by atoms with Gasteiger partial charge in [0.1, 0.15) is 0 Å². The predicted molar refractivity (Wildman–Crippen MR) is 109 cm³/mol. The maximum absolute atomic E-state index is 13.3. The summed E-state index contributed by atoms with van der Waals surface area (Å²) >= 11 is 1.24. The second kappa shape index (κ2) is 7.24. The quantitative estimate of drug-likeness (QED) is 0.570. The average molecular weight is 392 g/mol. The molecule has 4 aromatic rings. The third kappa shape index (κ3) is 3.14. The number of aryl methyl sites for hydroxylation is 1. The van der Waals surface area contributed by atoms with Crippen LogP contribution in [0.1, 0.15) is 5.69 Å². The van der Waals surface area contributed by atoms with Crippen molar-refractivity contribution in [3.05, 3.63) is 70.6 Å². The van der Waals surface area contributed by atoms with Gasteiger partial charge < -0.3 is 4.74 Å². The van der Waals surface area contributed by atoms with Gasteiger partial charge in [-0.15, -0.1) is 0 Å². The van der Waals surface area contributed by atoms with E-state index in [2.05, 4.69) is 15.0 Å². The first-order chi connectivity index (χ1) is 13.6. The molecular formula is C20H16N4O3S. The molecule has 2 aromatic carbocycles. The Morgan fingerprint density at radius 2 is 1.79 bits per heavy atom. The first kappa shape index (κ1) is 17.9. The van der Waals surface area contributed by atoms with E-state index in [0.29, 0.717) is 38.1 Å². The van der Waals surface area contributed by atoms with E-state index in [1.165, 1.54) is 18.4 Å². The number of hydrogen-bond donors (Lipinski definition) is 1. The number of carbonyl (C=O) groups is 1. The molecule has 0 saturated carbocycles. The molecular weight excluding hydrogens is 376 g/mol. The minimum Gasteiger partial charge on any atom is -0.453 e. The Kier molecular flexibility index (Phi) is 4.62. The van der Waals surface area contributed by atoms with Gasteiger partial charge >= 0.3 is 6.09 Å². The van der Waals surface area contributed by atoms with E-state index in [4.69, 9.17) is 4.98 Å². The van der Waals surface area contributed by atoms with Gasteiger partial charge in [-0.3, -0.25) is 14.7 Å². The van der Waals surface area contributed by atoms with Crippen LogP contribution in [0.15, 0.2) is 59.4 Å². The van der Waals surface area contributed by atoms with Crippen molar-refractivity contribution in [1.29, 1.82) is 0 Å². The molecule has 4 rings (SSSR count). The first-order valence-electron chi connectivity index (χ1n) is 8.48. The number of ether oxygens (including phenoxy) is 1. The number of thiazole rings is 1. The number of amides is 1. The molecule has 140 valence electrons. The number of carbonyl (C=O) groups excluding carboxylic acids is 1. The molecule has 2 heterocycles. The molecule has 0 radical (unpaired) electrons. The third-order valence-corrected chi connectivity index (χ3v) is 5.25. The molecule has 0 saturated heterocycles. The molecule has 8 heteroatoms. The van der Waals surface area contributed by atoms with Gasteiger partial charge in [0.25, 0.3) is 5.56 Å². The highest BCUT2D eigenvalue weighted by Gasteiger charge is 2.20. The minimum absolute atomic E-state index is 0.165. The number of anilines is 1. The van der Waals surface area contributed by atoms with Crippen molar-refractivity contribution in [2.45, 2.75) is 6.92 Å².